The van der Waals surface area contributed by atoms with Crippen molar-refractivity contribution in [1.29, 1.82) is 0 Å². The van der Waals surface area contributed by atoms with Crippen LogP contribution in [0.4, 0.5) is 17.5 Å². The Morgan fingerprint density at radius 1 is 1.19 bits per heavy atom. The number of aromatic nitrogens is 2. The van der Waals surface area contributed by atoms with Crippen LogP contribution in [0.15, 0.2) is 24.3 Å². The predicted molar refractivity (Wildman–Crippen MR) is 105 cm³/mol. The molecule has 0 saturated carbocycles. The summed E-state index contributed by atoms with van der Waals surface area (Å²) in [6.07, 6.45) is 4.14. The second-order valence-corrected chi connectivity index (χ2v) is 6.42. The van der Waals surface area contributed by atoms with Crippen LogP contribution in [0.2, 0.25) is 0 Å². The Balaban J connectivity index is 1.89. The fourth-order valence-electron chi connectivity index (χ4n) is 3.22. The molecule has 0 unspecified atom stereocenters. The molecule has 1 heterocycles. The maximum Gasteiger partial charge on any atom is 0.325 e. The number of methoxy groups -OCH3 is 1. The van der Waals surface area contributed by atoms with Gasteiger partial charge in [-0.05, 0) is 56.9 Å². The van der Waals surface area contributed by atoms with Crippen LogP contribution in [0, 0.1) is 0 Å². The molecular weight excluding hydrogens is 344 g/mol. The van der Waals surface area contributed by atoms with Gasteiger partial charge in [0.1, 0.15) is 18.1 Å². The summed E-state index contributed by atoms with van der Waals surface area (Å²) in [5.41, 5.74) is 3.25. The first-order valence-electron chi connectivity index (χ1n) is 9.29. The van der Waals surface area contributed by atoms with Crippen LogP contribution < -0.4 is 15.0 Å². The highest BCUT2D eigenvalue weighted by Crippen LogP contribution is 2.32. The van der Waals surface area contributed by atoms with Gasteiger partial charge in [-0.15, -0.1) is 0 Å². The van der Waals surface area contributed by atoms with E-state index in [9.17, 15) is 4.79 Å². The number of anilines is 3. The number of benzene rings is 1. The number of hydrogen-bond donors (Lipinski definition) is 1. The molecule has 1 N–H and O–H groups in total. The summed E-state index contributed by atoms with van der Waals surface area (Å²) in [6.45, 7) is 2.20. The highest BCUT2D eigenvalue weighted by molar-refractivity contribution is 5.74. The lowest BCUT2D eigenvalue weighted by Gasteiger charge is -2.26. The Morgan fingerprint density at radius 2 is 1.93 bits per heavy atom. The van der Waals surface area contributed by atoms with E-state index in [1.54, 1.807) is 14.0 Å². The molecule has 27 heavy (non-hydrogen) atoms. The maximum atomic E-state index is 11.6. The monoisotopic (exact) mass is 370 g/mol. The fraction of sp³-hybridized carbons (Fsp3) is 0.450. The number of nitrogens with zero attached hydrogens (tertiary/aromatic N) is 3. The second kappa shape index (κ2) is 8.70. The zero-order valence-corrected chi connectivity index (χ0v) is 16.1. The van der Waals surface area contributed by atoms with Gasteiger partial charge in [-0.25, -0.2) is 4.98 Å². The molecule has 0 aliphatic heterocycles. The van der Waals surface area contributed by atoms with Crippen LogP contribution in [0.25, 0.3) is 0 Å². The highest BCUT2D eigenvalue weighted by atomic mass is 16.5. The summed E-state index contributed by atoms with van der Waals surface area (Å²) >= 11 is 0. The number of rotatable bonds is 7. The molecule has 0 bridgehead atoms. The molecule has 3 rings (SSSR count). The van der Waals surface area contributed by atoms with Crippen LogP contribution in [-0.4, -0.2) is 43.2 Å². The lowest BCUT2D eigenvalue weighted by atomic mass is 9.96. The van der Waals surface area contributed by atoms with Crippen molar-refractivity contribution in [3.63, 3.8) is 0 Å². The summed E-state index contributed by atoms with van der Waals surface area (Å²) in [6, 6.07) is 7.86. The van der Waals surface area contributed by atoms with E-state index in [1.807, 2.05) is 31.3 Å². The first-order chi connectivity index (χ1) is 13.1. The number of carbonyl (C=O) groups is 1. The van der Waals surface area contributed by atoms with Gasteiger partial charge >= 0.3 is 5.97 Å². The molecule has 1 aliphatic carbocycles. The predicted octanol–water partition coefficient (Wildman–Crippen LogP) is 3.11. The van der Waals surface area contributed by atoms with Crippen LogP contribution in [0.5, 0.6) is 5.75 Å². The van der Waals surface area contributed by atoms with Gasteiger partial charge in [0, 0.05) is 18.3 Å². The fourth-order valence-corrected chi connectivity index (χ4v) is 3.22. The smallest absolute Gasteiger partial charge is 0.325 e. The average Bonchev–Trinajstić information content (AvgIpc) is 2.71. The van der Waals surface area contributed by atoms with Gasteiger partial charge in [-0.1, -0.05) is 0 Å². The Morgan fingerprint density at radius 3 is 2.63 bits per heavy atom. The van der Waals surface area contributed by atoms with Crippen molar-refractivity contribution in [3.05, 3.63) is 35.5 Å². The molecule has 0 radical (unpaired) electrons. The number of carbonyl (C=O) groups excluding carboxylic acids is 1. The Bertz CT molecular complexity index is 793. The normalized spacial score (nSPS) is 12.9. The lowest BCUT2D eigenvalue weighted by Crippen LogP contribution is -2.22. The molecule has 1 aromatic heterocycles. The number of aryl methyl sites for hydroxylation is 1. The zero-order valence-electron chi connectivity index (χ0n) is 16.1. The van der Waals surface area contributed by atoms with E-state index in [0.29, 0.717) is 12.6 Å². The Hall–Kier alpha value is -2.83. The van der Waals surface area contributed by atoms with Gasteiger partial charge in [0.05, 0.1) is 19.4 Å². The summed E-state index contributed by atoms with van der Waals surface area (Å²) in [7, 11) is 3.65. The van der Waals surface area contributed by atoms with E-state index >= 15 is 0 Å². The molecule has 0 atom stereocenters. The molecule has 0 saturated heterocycles. The molecular formula is C20H26N4O3. The van der Waals surface area contributed by atoms with Crippen molar-refractivity contribution in [2.24, 2.45) is 0 Å². The quantitative estimate of drug-likeness (QED) is 0.751. The van der Waals surface area contributed by atoms with Crippen LogP contribution in [0.3, 0.4) is 0 Å². The van der Waals surface area contributed by atoms with Crippen LogP contribution in [-0.2, 0) is 22.4 Å². The summed E-state index contributed by atoms with van der Waals surface area (Å²) in [5.74, 6) is 1.83. The first-order valence-corrected chi connectivity index (χ1v) is 9.29. The number of nitrogens with one attached hydrogen (secondary N) is 1. The van der Waals surface area contributed by atoms with E-state index in [0.717, 1.165) is 48.6 Å². The minimum atomic E-state index is -0.316. The molecule has 0 amide bonds. The van der Waals surface area contributed by atoms with E-state index in [4.69, 9.17) is 14.5 Å². The van der Waals surface area contributed by atoms with Gasteiger partial charge in [0.25, 0.3) is 0 Å². The van der Waals surface area contributed by atoms with Gasteiger partial charge in [-0.2, -0.15) is 4.98 Å². The molecule has 7 heteroatoms. The van der Waals surface area contributed by atoms with E-state index in [1.165, 1.54) is 5.56 Å². The average molecular weight is 370 g/mol. The first kappa shape index (κ1) is 18.9. The third-order valence-electron chi connectivity index (χ3n) is 4.63. The molecule has 2 aromatic rings. The molecule has 1 aliphatic rings. The zero-order chi connectivity index (χ0) is 19.2. The van der Waals surface area contributed by atoms with Crippen molar-refractivity contribution in [1.82, 2.24) is 9.97 Å². The molecule has 144 valence electrons. The maximum absolute atomic E-state index is 11.6. The standard InChI is InChI=1S/C20H26N4O3/c1-4-27-18(25)13-21-20-22-17-8-6-5-7-16(17)19(23-20)24(2)14-9-11-15(26-3)12-10-14/h9-12H,4-8,13H2,1-3H3,(H,21,22,23). The van der Waals surface area contributed by atoms with Crippen molar-refractivity contribution >= 4 is 23.4 Å². The van der Waals surface area contributed by atoms with Gasteiger partial charge in [-0.3, -0.25) is 4.79 Å². The second-order valence-electron chi connectivity index (χ2n) is 6.42. The minimum Gasteiger partial charge on any atom is -0.497 e. The number of esters is 1. The number of ether oxygens (including phenoxy) is 2. The topological polar surface area (TPSA) is 76.6 Å². The SMILES string of the molecule is CCOC(=O)CNc1nc2c(c(N(C)c3ccc(OC)cc3)n1)CCCC2. The number of hydrogen-bond acceptors (Lipinski definition) is 7. The summed E-state index contributed by atoms with van der Waals surface area (Å²) < 4.78 is 10.2. The van der Waals surface area contributed by atoms with Crippen molar-refractivity contribution < 1.29 is 14.3 Å². The van der Waals surface area contributed by atoms with Gasteiger partial charge < -0.3 is 19.7 Å². The third-order valence-corrected chi connectivity index (χ3v) is 4.63. The number of fused-ring (bicyclic) bond motifs is 1. The van der Waals surface area contributed by atoms with Crippen molar-refractivity contribution in [2.45, 2.75) is 32.6 Å². The van der Waals surface area contributed by atoms with Crippen LogP contribution >= 0.6 is 0 Å². The largest absolute Gasteiger partial charge is 0.497 e. The van der Waals surface area contributed by atoms with Gasteiger partial charge in [0.2, 0.25) is 5.95 Å². The Labute approximate surface area is 159 Å². The van der Waals surface area contributed by atoms with E-state index in [-0.39, 0.29) is 12.5 Å². The molecule has 0 spiro atoms. The highest BCUT2D eigenvalue weighted by Gasteiger charge is 2.21. The molecule has 0 fully saturated rings. The minimum absolute atomic E-state index is 0.0539. The van der Waals surface area contributed by atoms with Gasteiger partial charge in [0.15, 0.2) is 0 Å². The molecule has 1 aromatic carbocycles. The van der Waals surface area contributed by atoms with E-state index in [2.05, 4.69) is 15.2 Å². The van der Waals surface area contributed by atoms with Crippen LogP contribution in [0.1, 0.15) is 31.0 Å². The van der Waals surface area contributed by atoms with Crippen molar-refractivity contribution in [3.8, 4) is 5.75 Å². The van der Waals surface area contributed by atoms with E-state index < -0.39 is 0 Å². The molecule has 7 nitrogen and oxygen atoms in total. The Kier molecular flexibility index (Phi) is 6.11. The third kappa shape index (κ3) is 4.48. The summed E-state index contributed by atoms with van der Waals surface area (Å²) in [5, 5.41) is 3.00. The summed E-state index contributed by atoms with van der Waals surface area (Å²) in [4.78, 5) is 23.0. The lowest BCUT2D eigenvalue weighted by molar-refractivity contribution is -0.140. The van der Waals surface area contributed by atoms with Crippen molar-refractivity contribution in [2.75, 3.05) is 37.5 Å².